The molecule has 1 aromatic rings. The molecule has 1 atom stereocenters. The Morgan fingerprint density at radius 2 is 2.14 bits per heavy atom. The maximum atomic E-state index is 12.6. The topological polar surface area (TPSA) is 90.1 Å². The van der Waals surface area contributed by atoms with E-state index < -0.39 is 10.0 Å². The van der Waals surface area contributed by atoms with Crippen LogP contribution in [0.2, 0.25) is 0 Å². The van der Waals surface area contributed by atoms with E-state index in [1.807, 2.05) is 0 Å². The van der Waals surface area contributed by atoms with Crippen molar-refractivity contribution in [2.24, 2.45) is 0 Å². The SMILES string of the molecule is CNCc1n[nH]c(C)c1S(=O)(=O)NC1CCN(C2CC2)C1. The van der Waals surface area contributed by atoms with Crippen molar-refractivity contribution in [2.75, 3.05) is 20.1 Å². The van der Waals surface area contributed by atoms with Crippen molar-refractivity contribution in [3.63, 3.8) is 0 Å². The smallest absolute Gasteiger partial charge is 0.244 e. The Morgan fingerprint density at radius 3 is 2.81 bits per heavy atom. The molecule has 0 spiro atoms. The van der Waals surface area contributed by atoms with Crippen molar-refractivity contribution in [3.8, 4) is 0 Å². The number of hydrogen-bond acceptors (Lipinski definition) is 5. The Kier molecular flexibility index (Phi) is 4.04. The number of likely N-dealkylation sites (tertiary alicyclic amines) is 1. The summed E-state index contributed by atoms with van der Waals surface area (Å²) in [7, 11) is -1.75. The van der Waals surface area contributed by atoms with E-state index in [1.54, 1.807) is 14.0 Å². The summed E-state index contributed by atoms with van der Waals surface area (Å²) in [6.07, 6.45) is 3.40. The van der Waals surface area contributed by atoms with Crippen LogP contribution in [0.4, 0.5) is 0 Å². The summed E-state index contributed by atoms with van der Waals surface area (Å²) in [4.78, 5) is 2.69. The third kappa shape index (κ3) is 3.13. The lowest BCUT2D eigenvalue weighted by Gasteiger charge is -2.16. The Bertz CT molecular complexity index is 608. The highest BCUT2D eigenvalue weighted by Gasteiger charge is 2.36. The van der Waals surface area contributed by atoms with E-state index in [9.17, 15) is 8.42 Å². The van der Waals surface area contributed by atoms with Gasteiger partial charge in [0.25, 0.3) is 0 Å². The van der Waals surface area contributed by atoms with Crippen molar-refractivity contribution in [1.82, 2.24) is 25.1 Å². The monoisotopic (exact) mass is 313 g/mol. The van der Waals surface area contributed by atoms with Crippen LogP contribution in [0.1, 0.15) is 30.7 Å². The fourth-order valence-electron chi connectivity index (χ4n) is 3.05. The molecular weight excluding hydrogens is 290 g/mol. The van der Waals surface area contributed by atoms with Crippen LogP contribution in [-0.2, 0) is 16.6 Å². The molecule has 0 aromatic carbocycles. The molecule has 2 aliphatic rings. The molecule has 1 aromatic heterocycles. The molecule has 1 aliphatic carbocycles. The van der Waals surface area contributed by atoms with Gasteiger partial charge in [0.2, 0.25) is 10.0 Å². The predicted octanol–water partition coefficient (Wildman–Crippen LogP) is -0.0475. The van der Waals surface area contributed by atoms with E-state index in [0.29, 0.717) is 28.9 Å². The molecule has 3 N–H and O–H groups in total. The number of aromatic nitrogens is 2. The Balaban J connectivity index is 1.73. The summed E-state index contributed by atoms with van der Waals surface area (Å²) in [5.74, 6) is 0. The van der Waals surface area contributed by atoms with Gasteiger partial charge in [-0.15, -0.1) is 0 Å². The van der Waals surface area contributed by atoms with Crippen LogP contribution in [0.5, 0.6) is 0 Å². The van der Waals surface area contributed by atoms with Gasteiger partial charge in [-0.3, -0.25) is 10.00 Å². The first-order valence-corrected chi connectivity index (χ1v) is 8.94. The van der Waals surface area contributed by atoms with E-state index in [4.69, 9.17) is 0 Å². The quantitative estimate of drug-likeness (QED) is 0.685. The van der Waals surface area contributed by atoms with Gasteiger partial charge in [0, 0.05) is 31.7 Å². The molecule has 1 aliphatic heterocycles. The molecule has 0 bridgehead atoms. The number of hydrogen-bond donors (Lipinski definition) is 3. The van der Waals surface area contributed by atoms with Crippen LogP contribution in [0, 0.1) is 6.92 Å². The number of rotatable bonds is 6. The van der Waals surface area contributed by atoms with Crippen LogP contribution < -0.4 is 10.0 Å². The lowest BCUT2D eigenvalue weighted by molar-refractivity contribution is 0.322. The highest BCUT2D eigenvalue weighted by molar-refractivity contribution is 7.89. The first-order valence-electron chi connectivity index (χ1n) is 7.46. The average molecular weight is 313 g/mol. The molecule has 118 valence electrons. The molecule has 2 heterocycles. The summed E-state index contributed by atoms with van der Waals surface area (Å²) in [5.41, 5.74) is 1.13. The zero-order valence-electron chi connectivity index (χ0n) is 12.5. The molecule has 2 fully saturated rings. The van der Waals surface area contributed by atoms with Gasteiger partial charge in [-0.2, -0.15) is 5.10 Å². The fraction of sp³-hybridized carbons (Fsp3) is 0.769. The van der Waals surface area contributed by atoms with Gasteiger partial charge < -0.3 is 5.32 Å². The maximum absolute atomic E-state index is 12.6. The van der Waals surface area contributed by atoms with Crippen molar-refractivity contribution >= 4 is 10.0 Å². The summed E-state index contributed by atoms with van der Waals surface area (Å²) in [6.45, 7) is 3.99. The summed E-state index contributed by atoms with van der Waals surface area (Å²) < 4.78 is 28.1. The van der Waals surface area contributed by atoms with Gasteiger partial charge in [0.05, 0.1) is 11.4 Å². The van der Waals surface area contributed by atoms with Crippen LogP contribution in [0.25, 0.3) is 0 Å². The van der Waals surface area contributed by atoms with Gasteiger partial charge in [-0.1, -0.05) is 0 Å². The molecule has 1 saturated carbocycles. The second-order valence-corrected chi connectivity index (χ2v) is 7.64. The molecule has 7 nitrogen and oxygen atoms in total. The van der Waals surface area contributed by atoms with Crippen molar-refractivity contribution in [3.05, 3.63) is 11.4 Å². The molecule has 0 radical (unpaired) electrons. The number of nitrogens with zero attached hydrogens (tertiary/aromatic N) is 2. The molecule has 0 amide bonds. The van der Waals surface area contributed by atoms with Gasteiger partial charge in [-0.05, 0) is 33.2 Å². The Labute approximate surface area is 125 Å². The second-order valence-electron chi connectivity index (χ2n) is 5.99. The van der Waals surface area contributed by atoms with Gasteiger partial charge in [0.1, 0.15) is 4.90 Å². The van der Waals surface area contributed by atoms with Crippen molar-refractivity contribution in [1.29, 1.82) is 0 Å². The van der Waals surface area contributed by atoms with Crippen molar-refractivity contribution < 1.29 is 8.42 Å². The maximum Gasteiger partial charge on any atom is 0.244 e. The van der Waals surface area contributed by atoms with Gasteiger partial charge >= 0.3 is 0 Å². The number of H-pyrrole nitrogens is 1. The zero-order chi connectivity index (χ0) is 15.0. The van der Waals surface area contributed by atoms with Crippen LogP contribution in [0.3, 0.4) is 0 Å². The molecule has 1 unspecified atom stereocenters. The van der Waals surface area contributed by atoms with E-state index in [-0.39, 0.29) is 6.04 Å². The lowest BCUT2D eigenvalue weighted by Crippen LogP contribution is -2.38. The molecular formula is C13H23N5O2S. The standard InChI is InChI=1S/C13H23N5O2S/c1-9-13(12(7-14-2)16-15-9)21(19,20)17-10-5-6-18(8-10)11-3-4-11/h10-11,14,17H,3-8H2,1-2H3,(H,15,16). The highest BCUT2D eigenvalue weighted by Crippen LogP contribution is 2.30. The molecule has 8 heteroatoms. The first-order chi connectivity index (χ1) is 10.0. The van der Waals surface area contributed by atoms with E-state index in [1.165, 1.54) is 12.8 Å². The lowest BCUT2D eigenvalue weighted by atomic mass is 10.3. The third-order valence-corrected chi connectivity index (χ3v) is 5.90. The second kappa shape index (κ2) is 5.68. The van der Waals surface area contributed by atoms with E-state index in [0.717, 1.165) is 19.5 Å². The summed E-state index contributed by atoms with van der Waals surface area (Å²) in [5, 5.41) is 9.80. The number of sulfonamides is 1. The molecule has 21 heavy (non-hydrogen) atoms. The minimum absolute atomic E-state index is 0.00679. The summed E-state index contributed by atoms with van der Waals surface area (Å²) in [6, 6.07) is 0.697. The Hall–Kier alpha value is -0.960. The normalized spacial score (nSPS) is 23.8. The van der Waals surface area contributed by atoms with Crippen LogP contribution in [-0.4, -0.2) is 55.7 Å². The van der Waals surface area contributed by atoms with Crippen molar-refractivity contribution in [2.45, 2.75) is 49.7 Å². The van der Waals surface area contributed by atoms with E-state index >= 15 is 0 Å². The summed E-state index contributed by atoms with van der Waals surface area (Å²) >= 11 is 0. The highest BCUT2D eigenvalue weighted by atomic mass is 32.2. The number of nitrogens with one attached hydrogen (secondary N) is 3. The number of aromatic amines is 1. The molecule has 3 rings (SSSR count). The van der Waals surface area contributed by atoms with Gasteiger partial charge in [-0.25, -0.2) is 13.1 Å². The van der Waals surface area contributed by atoms with Crippen LogP contribution in [0.15, 0.2) is 4.90 Å². The largest absolute Gasteiger partial charge is 0.314 e. The van der Waals surface area contributed by atoms with Gasteiger partial charge in [0.15, 0.2) is 0 Å². The average Bonchev–Trinajstić information content (AvgIpc) is 3.06. The Morgan fingerprint density at radius 1 is 1.38 bits per heavy atom. The van der Waals surface area contributed by atoms with E-state index in [2.05, 4.69) is 25.1 Å². The minimum Gasteiger partial charge on any atom is -0.314 e. The zero-order valence-corrected chi connectivity index (χ0v) is 13.3. The minimum atomic E-state index is -3.52. The van der Waals surface area contributed by atoms with Crippen LogP contribution >= 0.6 is 0 Å². The number of aryl methyl sites for hydroxylation is 1. The molecule has 1 saturated heterocycles. The third-order valence-electron chi connectivity index (χ3n) is 4.18. The first kappa shape index (κ1) is 15.0. The predicted molar refractivity (Wildman–Crippen MR) is 79.4 cm³/mol. The fourth-order valence-corrected chi connectivity index (χ4v) is 4.67.